The van der Waals surface area contributed by atoms with Gasteiger partial charge in [0.25, 0.3) is 0 Å². The molecule has 4 rings (SSSR count). The summed E-state index contributed by atoms with van der Waals surface area (Å²) in [5.74, 6) is 1.06. The predicted molar refractivity (Wildman–Crippen MR) is 126 cm³/mol. The number of piperidine rings is 1. The topological polar surface area (TPSA) is 70.5 Å². The van der Waals surface area contributed by atoms with Crippen LogP contribution in [0.1, 0.15) is 52.1 Å². The fraction of sp³-hybridized carbons (Fsp3) is 0.560. The van der Waals surface area contributed by atoms with Gasteiger partial charge in [-0.2, -0.15) is 5.10 Å². The highest BCUT2D eigenvalue weighted by molar-refractivity contribution is 5.92. The summed E-state index contributed by atoms with van der Waals surface area (Å²) < 4.78 is 1.80. The highest BCUT2D eigenvalue weighted by Crippen LogP contribution is 2.27. The molecule has 1 aromatic heterocycles. The quantitative estimate of drug-likeness (QED) is 0.778. The van der Waals surface area contributed by atoms with Gasteiger partial charge in [0.05, 0.1) is 17.9 Å². The Morgan fingerprint density at radius 3 is 2.31 bits per heavy atom. The van der Waals surface area contributed by atoms with Crippen molar-refractivity contribution >= 4 is 17.6 Å². The van der Waals surface area contributed by atoms with Crippen molar-refractivity contribution in [3.63, 3.8) is 0 Å². The van der Waals surface area contributed by atoms with Crippen molar-refractivity contribution in [1.29, 1.82) is 0 Å². The van der Waals surface area contributed by atoms with Crippen molar-refractivity contribution in [2.45, 2.75) is 51.9 Å². The first-order valence-electron chi connectivity index (χ1n) is 11.8. The van der Waals surface area contributed by atoms with Gasteiger partial charge in [0.15, 0.2) is 0 Å². The molecule has 0 unspecified atom stereocenters. The van der Waals surface area contributed by atoms with Gasteiger partial charge in [-0.15, -0.1) is 0 Å². The molecule has 0 bridgehead atoms. The Balaban J connectivity index is 1.37. The lowest BCUT2D eigenvalue weighted by molar-refractivity contribution is -0.136. The molecule has 1 N–H and O–H groups in total. The third kappa shape index (κ3) is 5.21. The maximum absolute atomic E-state index is 12.9. The van der Waals surface area contributed by atoms with E-state index in [-0.39, 0.29) is 17.2 Å². The molecule has 2 saturated heterocycles. The number of hydrogen-bond donors (Lipinski definition) is 1. The van der Waals surface area contributed by atoms with Crippen molar-refractivity contribution in [2.75, 3.05) is 38.0 Å². The van der Waals surface area contributed by atoms with Gasteiger partial charge in [0.1, 0.15) is 5.82 Å². The van der Waals surface area contributed by atoms with Gasteiger partial charge < -0.3 is 10.2 Å². The van der Waals surface area contributed by atoms with Crippen molar-refractivity contribution in [2.24, 2.45) is 5.92 Å². The minimum atomic E-state index is -0.122. The molecule has 7 nitrogen and oxygen atoms in total. The molecule has 2 fully saturated rings. The summed E-state index contributed by atoms with van der Waals surface area (Å²) in [6, 6.07) is 11.8. The van der Waals surface area contributed by atoms with E-state index < -0.39 is 0 Å². The molecular formula is C25H35N5O2. The molecule has 0 saturated carbocycles. The first kappa shape index (κ1) is 22.5. The van der Waals surface area contributed by atoms with Crippen LogP contribution in [0.5, 0.6) is 0 Å². The standard InChI is InChI=1S/C25H35N5O2/c1-25(2,3)21-17-22(30(27-21)20-9-5-4-6-10-20)26-23(31)18-28-15-11-19(12-16-28)24(32)29-13-7-8-14-29/h4-6,9-10,17,19H,7-8,11-16,18H2,1-3H3,(H,26,31). The second-order valence-corrected chi connectivity index (χ2v) is 10.0. The lowest BCUT2D eigenvalue weighted by atomic mass is 9.92. The first-order valence-corrected chi connectivity index (χ1v) is 11.8. The number of carbonyl (C=O) groups is 2. The lowest BCUT2D eigenvalue weighted by Gasteiger charge is -2.32. The van der Waals surface area contributed by atoms with E-state index in [1.807, 2.05) is 41.3 Å². The molecule has 32 heavy (non-hydrogen) atoms. The van der Waals surface area contributed by atoms with Crippen molar-refractivity contribution in [3.05, 3.63) is 42.1 Å². The summed E-state index contributed by atoms with van der Waals surface area (Å²) in [6.45, 7) is 10.1. The van der Waals surface area contributed by atoms with Crippen molar-refractivity contribution < 1.29 is 9.59 Å². The lowest BCUT2D eigenvalue weighted by Crippen LogP contribution is -2.44. The normalized spacial score (nSPS) is 18.2. The summed E-state index contributed by atoms with van der Waals surface area (Å²) in [4.78, 5) is 29.7. The van der Waals surface area contributed by atoms with Gasteiger partial charge in [0, 0.05) is 30.5 Å². The van der Waals surface area contributed by atoms with Gasteiger partial charge in [-0.05, 0) is 50.9 Å². The van der Waals surface area contributed by atoms with E-state index >= 15 is 0 Å². The zero-order chi connectivity index (χ0) is 22.7. The van der Waals surface area contributed by atoms with Crippen LogP contribution in [0.2, 0.25) is 0 Å². The van der Waals surface area contributed by atoms with Gasteiger partial charge in [-0.3, -0.25) is 14.5 Å². The summed E-state index contributed by atoms with van der Waals surface area (Å²) in [5.41, 5.74) is 1.72. The largest absolute Gasteiger partial charge is 0.342 e. The number of carbonyl (C=O) groups excluding carboxylic acids is 2. The van der Waals surface area contributed by atoms with Crippen LogP contribution in [0, 0.1) is 5.92 Å². The molecule has 7 heteroatoms. The first-order chi connectivity index (χ1) is 15.3. The van der Waals surface area contributed by atoms with Crippen LogP contribution in [0.25, 0.3) is 5.69 Å². The van der Waals surface area contributed by atoms with Gasteiger partial charge in [-0.25, -0.2) is 4.68 Å². The average Bonchev–Trinajstić information content (AvgIpc) is 3.44. The van der Waals surface area contributed by atoms with E-state index in [9.17, 15) is 9.59 Å². The number of hydrogen-bond acceptors (Lipinski definition) is 4. The van der Waals surface area contributed by atoms with E-state index in [1.54, 1.807) is 4.68 Å². The van der Waals surface area contributed by atoms with Crippen LogP contribution in [-0.4, -0.2) is 64.1 Å². The molecule has 2 aliphatic heterocycles. The van der Waals surface area contributed by atoms with Crippen LogP contribution < -0.4 is 5.32 Å². The SMILES string of the molecule is CC(C)(C)c1cc(NC(=O)CN2CCC(C(=O)N3CCCC3)CC2)n(-c2ccccc2)n1. The van der Waals surface area contributed by atoms with Gasteiger partial charge in [-0.1, -0.05) is 39.0 Å². The molecule has 172 valence electrons. The molecule has 3 heterocycles. The van der Waals surface area contributed by atoms with Crippen LogP contribution in [-0.2, 0) is 15.0 Å². The molecule has 1 aromatic carbocycles. The molecule has 0 atom stereocenters. The Hall–Kier alpha value is -2.67. The number of amides is 2. The molecule has 0 radical (unpaired) electrons. The van der Waals surface area contributed by atoms with Gasteiger partial charge in [0.2, 0.25) is 11.8 Å². The van der Waals surface area contributed by atoms with Crippen LogP contribution in [0.4, 0.5) is 5.82 Å². The van der Waals surface area contributed by atoms with Crippen LogP contribution >= 0.6 is 0 Å². The Bertz CT molecular complexity index is 933. The summed E-state index contributed by atoms with van der Waals surface area (Å²) in [5, 5.41) is 7.84. The Morgan fingerprint density at radius 2 is 1.69 bits per heavy atom. The Labute approximate surface area is 190 Å². The minimum absolute atomic E-state index is 0.0492. The highest BCUT2D eigenvalue weighted by Gasteiger charge is 2.30. The maximum Gasteiger partial charge on any atom is 0.239 e. The van der Waals surface area contributed by atoms with Gasteiger partial charge >= 0.3 is 0 Å². The second-order valence-electron chi connectivity index (χ2n) is 10.0. The van der Waals surface area contributed by atoms with Crippen molar-refractivity contribution in [1.82, 2.24) is 19.6 Å². The number of likely N-dealkylation sites (tertiary alicyclic amines) is 2. The zero-order valence-corrected chi connectivity index (χ0v) is 19.5. The monoisotopic (exact) mass is 437 g/mol. The summed E-state index contributed by atoms with van der Waals surface area (Å²) >= 11 is 0. The number of para-hydroxylation sites is 1. The second kappa shape index (κ2) is 9.45. The van der Waals surface area contributed by atoms with Crippen molar-refractivity contribution in [3.8, 4) is 5.69 Å². The highest BCUT2D eigenvalue weighted by atomic mass is 16.2. The number of aromatic nitrogens is 2. The van der Waals surface area contributed by atoms with E-state index in [1.165, 1.54) is 0 Å². The number of nitrogens with one attached hydrogen (secondary N) is 1. The number of nitrogens with zero attached hydrogens (tertiary/aromatic N) is 4. The molecule has 2 amide bonds. The molecule has 0 aliphatic carbocycles. The van der Waals surface area contributed by atoms with E-state index in [2.05, 4.69) is 31.0 Å². The maximum atomic E-state index is 12.9. The number of rotatable bonds is 5. The molecule has 0 spiro atoms. The summed E-state index contributed by atoms with van der Waals surface area (Å²) in [6.07, 6.45) is 3.92. The average molecular weight is 438 g/mol. The van der Waals surface area contributed by atoms with E-state index in [0.717, 1.165) is 63.2 Å². The fourth-order valence-electron chi connectivity index (χ4n) is 4.52. The van der Waals surface area contributed by atoms with E-state index in [0.29, 0.717) is 18.3 Å². The smallest absolute Gasteiger partial charge is 0.239 e. The molecular weight excluding hydrogens is 402 g/mol. The van der Waals surface area contributed by atoms with Crippen LogP contribution in [0.3, 0.4) is 0 Å². The fourth-order valence-corrected chi connectivity index (χ4v) is 4.52. The summed E-state index contributed by atoms with van der Waals surface area (Å²) in [7, 11) is 0. The Morgan fingerprint density at radius 1 is 1.03 bits per heavy atom. The number of benzene rings is 1. The number of anilines is 1. The van der Waals surface area contributed by atoms with Crippen LogP contribution in [0.15, 0.2) is 36.4 Å². The minimum Gasteiger partial charge on any atom is -0.342 e. The third-order valence-electron chi connectivity index (χ3n) is 6.47. The predicted octanol–water partition coefficient (Wildman–Crippen LogP) is 3.44. The zero-order valence-electron chi connectivity index (χ0n) is 19.5. The van der Waals surface area contributed by atoms with E-state index in [4.69, 9.17) is 5.10 Å². The molecule has 2 aromatic rings. The Kier molecular flexibility index (Phi) is 6.65. The molecule has 2 aliphatic rings. The third-order valence-corrected chi connectivity index (χ3v) is 6.47.